The fourth-order valence-electron chi connectivity index (χ4n) is 2.04. The predicted molar refractivity (Wildman–Crippen MR) is 90.8 cm³/mol. The molecular weight excluding hydrogens is 332 g/mol. The molecule has 1 saturated carbocycles. The molecular formula is C17H28O6S. The van der Waals surface area contributed by atoms with Crippen LogP contribution in [-0.4, -0.2) is 37.3 Å². The van der Waals surface area contributed by atoms with E-state index in [2.05, 4.69) is 0 Å². The van der Waals surface area contributed by atoms with Gasteiger partial charge in [0.1, 0.15) is 10.5 Å². The van der Waals surface area contributed by atoms with Gasteiger partial charge in [0.25, 0.3) is 0 Å². The molecule has 138 valence electrons. The van der Waals surface area contributed by atoms with Crippen molar-refractivity contribution in [2.45, 2.75) is 65.2 Å². The fraction of sp³-hybridized carbons (Fsp3) is 0.765. The van der Waals surface area contributed by atoms with Crippen LogP contribution in [0.3, 0.4) is 0 Å². The highest BCUT2D eigenvalue weighted by Crippen LogP contribution is 2.42. The Labute approximate surface area is 144 Å². The van der Waals surface area contributed by atoms with Gasteiger partial charge in [-0.15, -0.1) is 0 Å². The number of esters is 2. The average Bonchev–Trinajstić information content (AvgIpc) is 3.11. The lowest BCUT2D eigenvalue weighted by Gasteiger charge is -2.24. The maximum Gasteiger partial charge on any atom is 0.349 e. The quantitative estimate of drug-likeness (QED) is 0.553. The van der Waals surface area contributed by atoms with Crippen molar-refractivity contribution in [3.63, 3.8) is 0 Å². The van der Waals surface area contributed by atoms with Crippen LogP contribution in [0.15, 0.2) is 11.0 Å². The van der Waals surface area contributed by atoms with E-state index in [-0.39, 0.29) is 23.4 Å². The van der Waals surface area contributed by atoms with Crippen LogP contribution < -0.4 is 0 Å². The second kappa shape index (κ2) is 6.86. The summed E-state index contributed by atoms with van der Waals surface area (Å²) in [6.07, 6.45) is 1.83. The first kappa shape index (κ1) is 20.7. The second-order valence-corrected chi connectivity index (χ2v) is 10.6. The fourth-order valence-corrected chi connectivity index (χ4v) is 3.31. The summed E-state index contributed by atoms with van der Waals surface area (Å²) in [6.45, 7) is 11.6. The van der Waals surface area contributed by atoms with Gasteiger partial charge < -0.3 is 9.47 Å². The highest BCUT2D eigenvalue weighted by atomic mass is 32.2. The lowest BCUT2D eigenvalue weighted by atomic mass is 10.2. The highest BCUT2D eigenvalue weighted by molar-refractivity contribution is 7.97. The van der Waals surface area contributed by atoms with E-state index in [1.54, 1.807) is 27.7 Å². The van der Waals surface area contributed by atoms with Crippen molar-refractivity contribution < 1.29 is 27.5 Å². The molecule has 1 fully saturated rings. The number of hydrogen-bond donors (Lipinski definition) is 0. The molecule has 0 aromatic heterocycles. The van der Waals surface area contributed by atoms with Gasteiger partial charge in [-0.2, -0.15) is 0 Å². The van der Waals surface area contributed by atoms with Gasteiger partial charge in [0.05, 0.1) is 17.3 Å². The monoisotopic (exact) mass is 360 g/mol. The first-order chi connectivity index (χ1) is 10.7. The second-order valence-electron chi connectivity index (χ2n) is 7.91. The maximum absolute atomic E-state index is 12.8. The van der Waals surface area contributed by atoms with Crippen LogP contribution in [-0.2, 0) is 28.9 Å². The summed E-state index contributed by atoms with van der Waals surface area (Å²) in [5.41, 5.74) is -0.812. The van der Waals surface area contributed by atoms with Gasteiger partial charge in [-0.1, -0.05) is 6.08 Å². The van der Waals surface area contributed by atoms with Crippen molar-refractivity contribution in [2.75, 3.05) is 6.61 Å². The summed E-state index contributed by atoms with van der Waals surface area (Å²) in [6, 6.07) is 0. The summed E-state index contributed by atoms with van der Waals surface area (Å²) >= 11 is 0. The molecule has 0 N–H and O–H groups in total. The topological polar surface area (TPSA) is 86.7 Å². The molecule has 0 amide bonds. The van der Waals surface area contributed by atoms with Crippen molar-refractivity contribution >= 4 is 21.8 Å². The van der Waals surface area contributed by atoms with Crippen molar-refractivity contribution in [1.82, 2.24) is 0 Å². The Balaban J connectivity index is 3.15. The van der Waals surface area contributed by atoms with E-state index in [9.17, 15) is 18.0 Å². The van der Waals surface area contributed by atoms with E-state index < -0.39 is 32.1 Å². The Morgan fingerprint density at radius 1 is 1.12 bits per heavy atom. The first-order valence-electron chi connectivity index (χ1n) is 8.07. The van der Waals surface area contributed by atoms with Crippen LogP contribution in [0.5, 0.6) is 0 Å². The molecule has 0 aromatic carbocycles. The number of carbonyl (C=O) groups excluding carboxylic acids is 2. The van der Waals surface area contributed by atoms with E-state index in [1.165, 1.54) is 26.8 Å². The molecule has 0 aliphatic heterocycles. The molecule has 2 atom stereocenters. The van der Waals surface area contributed by atoms with Crippen molar-refractivity contribution in [3.8, 4) is 0 Å². The molecule has 0 saturated heterocycles. The summed E-state index contributed by atoms with van der Waals surface area (Å²) in [5, 5.41) is 0. The Kier molecular flexibility index (Phi) is 5.91. The van der Waals surface area contributed by atoms with Crippen LogP contribution in [0.1, 0.15) is 54.9 Å². The summed E-state index contributed by atoms with van der Waals surface area (Å²) in [5.74, 6) is -1.95. The van der Waals surface area contributed by atoms with Gasteiger partial charge in [-0.05, 0) is 60.8 Å². The molecule has 0 spiro atoms. The minimum atomic E-state index is -3.89. The maximum atomic E-state index is 12.8. The molecule has 6 nitrogen and oxygen atoms in total. The molecule has 0 heterocycles. The minimum absolute atomic E-state index is 0.269. The standard InChI is InChI=1S/C17H28O6S/c1-8-22-14(18)12-9-11(12)10-13(15(19)23-16(2,3)4)24(20,21)17(5,6)7/h10-12H,8-9H2,1-7H3. The zero-order chi connectivity index (χ0) is 18.9. The van der Waals surface area contributed by atoms with Gasteiger partial charge >= 0.3 is 11.9 Å². The zero-order valence-corrected chi connectivity index (χ0v) is 16.3. The van der Waals surface area contributed by atoms with E-state index >= 15 is 0 Å². The Hall–Kier alpha value is -1.37. The summed E-state index contributed by atoms with van der Waals surface area (Å²) in [7, 11) is -3.89. The summed E-state index contributed by atoms with van der Waals surface area (Å²) in [4.78, 5) is 23.8. The van der Waals surface area contributed by atoms with E-state index in [1.807, 2.05) is 0 Å². The van der Waals surface area contributed by atoms with E-state index in [0.29, 0.717) is 6.42 Å². The van der Waals surface area contributed by atoms with Gasteiger partial charge in [0.15, 0.2) is 9.84 Å². The highest BCUT2D eigenvalue weighted by Gasteiger charge is 2.46. The molecule has 2 unspecified atom stereocenters. The molecule has 7 heteroatoms. The zero-order valence-electron chi connectivity index (χ0n) is 15.5. The van der Waals surface area contributed by atoms with Gasteiger partial charge in [-0.3, -0.25) is 4.79 Å². The molecule has 0 aromatic rings. The normalized spacial score (nSPS) is 22.0. The number of sulfone groups is 1. The number of ether oxygens (including phenoxy) is 2. The molecule has 0 radical (unpaired) electrons. The number of rotatable bonds is 5. The molecule has 1 aliphatic carbocycles. The SMILES string of the molecule is CCOC(=O)C1CC1C=C(C(=O)OC(C)(C)C)S(=O)(=O)C(C)(C)C. The first-order valence-corrected chi connectivity index (χ1v) is 9.55. The Bertz CT molecular complexity index is 631. The molecule has 0 bridgehead atoms. The van der Waals surface area contributed by atoms with Gasteiger partial charge in [-0.25, -0.2) is 13.2 Å². The third-order valence-corrected chi connectivity index (χ3v) is 5.98. The van der Waals surface area contributed by atoms with Crippen LogP contribution in [0.2, 0.25) is 0 Å². The molecule has 24 heavy (non-hydrogen) atoms. The number of carbonyl (C=O) groups is 2. The predicted octanol–water partition coefficient (Wildman–Crippen LogP) is 2.62. The third-order valence-electron chi connectivity index (χ3n) is 3.49. The lowest BCUT2D eigenvalue weighted by Crippen LogP contribution is -2.35. The Morgan fingerprint density at radius 3 is 2.08 bits per heavy atom. The van der Waals surface area contributed by atoms with Crippen LogP contribution in [0.4, 0.5) is 0 Å². The average molecular weight is 360 g/mol. The van der Waals surface area contributed by atoms with Crippen molar-refractivity contribution in [1.29, 1.82) is 0 Å². The number of allylic oxidation sites excluding steroid dienone is 1. The molecule has 1 rings (SSSR count). The number of hydrogen-bond acceptors (Lipinski definition) is 6. The summed E-state index contributed by atoms with van der Waals surface area (Å²) < 4.78 is 34.6. The smallest absolute Gasteiger partial charge is 0.349 e. The van der Waals surface area contributed by atoms with E-state index in [0.717, 1.165) is 0 Å². The largest absolute Gasteiger partial charge is 0.466 e. The van der Waals surface area contributed by atoms with E-state index in [4.69, 9.17) is 9.47 Å². The van der Waals surface area contributed by atoms with Crippen molar-refractivity contribution in [3.05, 3.63) is 11.0 Å². The minimum Gasteiger partial charge on any atom is -0.466 e. The van der Waals surface area contributed by atoms with Crippen molar-refractivity contribution in [2.24, 2.45) is 11.8 Å². The van der Waals surface area contributed by atoms with Crippen LogP contribution in [0.25, 0.3) is 0 Å². The van der Waals surface area contributed by atoms with Gasteiger partial charge in [0, 0.05) is 0 Å². The van der Waals surface area contributed by atoms with Crippen LogP contribution >= 0.6 is 0 Å². The third kappa shape index (κ3) is 5.06. The molecule has 1 aliphatic rings. The van der Waals surface area contributed by atoms with Gasteiger partial charge in [0.2, 0.25) is 0 Å². The van der Waals surface area contributed by atoms with Crippen LogP contribution in [0, 0.1) is 11.8 Å². The Morgan fingerprint density at radius 2 is 1.67 bits per heavy atom. The lowest BCUT2D eigenvalue weighted by molar-refractivity contribution is -0.149.